The molecule has 2 heterocycles. The van der Waals surface area contributed by atoms with Crippen molar-refractivity contribution in [3.05, 3.63) is 75.9 Å². The average Bonchev–Trinajstić information content (AvgIpc) is 3.09. The predicted molar refractivity (Wildman–Crippen MR) is 113 cm³/mol. The summed E-state index contributed by atoms with van der Waals surface area (Å²) in [4.78, 5) is 12.8. The molecule has 2 aromatic heterocycles. The number of nitrogens with one attached hydrogen (secondary N) is 1. The van der Waals surface area contributed by atoms with Crippen LogP contribution in [0.5, 0.6) is 0 Å². The van der Waals surface area contributed by atoms with Gasteiger partial charge >= 0.3 is 0 Å². The number of hydrogen-bond acceptors (Lipinski definition) is 2. The van der Waals surface area contributed by atoms with E-state index < -0.39 is 0 Å². The van der Waals surface area contributed by atoms with Crippen molar-refractivity contribution in [2.24, 2.45) is 0 Å². The summed E-state index contributed by atoms with van der Waals surface area (Å²) < 4.78 is 4.21. The third kappa shape index (κ3) is 3.88. The Balaban J connectivity index is 1.75. The normalized spacial score (nSPS) is 11.2. The van der Waals surface area contributed by atoms with Crippen molar-refractivity contribution in [2.75, 3.05) is 0 Å². The quantitative estimate of drug-likeness (QED) is 0.688. The number of rotatable bonds is 6. The van der Waals surface area contributed by atoms with Crippen LogP contribution in [0.2, 0.25) is 0 Å². The van der Waals surface area contributed by atoms with Gasteiger partial charge in [-0.05, 0) is 53.2 Å². The lowest BCUT2D eigenvalue weighted by atomic mass is 10.1. The number of carbonyl (C=O) groups is 1. The van der Waals surface area contributed by atoms with Crippen LogP contribution in [0.25, 0.3) is 0 Å². The topological polar surface area (TPSA) is 51.9 Å². The molecular weight excluding hydrogens is 348 g/mol. The van der Waals surface area contributed by atoms with Crippen molar-refractivity contribution in [2.45, 2.75) is 60.7 Å². The van der Waals surface area contributed by atoms with Crippen molar-refractivity contribution in [1.82, 2.24) is 19.7 Å². The first-order valence-corrected chi connectivity index (χ1v) is 9.83. The molecule has 1 aromatic carbocycles. The van der Waals surface area contributed by atoms with Gasteiger partial charge in [-0.2, -0.15) is 5.10 Å². The summed E-state index contributed by atoms with van der Waals surface area (Å²) >= 11 is 0. The molecule has 0 spiro atoms. The Hall–Kier alpha value is -2.82. The number of aryl methyl sites for hydroxylation is 2. The Kier molecular flexibility index (Phi) is 5.73. The highest BCUT2D eigenvalue weighted by Crippen LogP contribution is 2.20. The first-order valence-electron chi connectivity index (χ1n) is 9.83. The maximum Gasteiger partial charge on any atom is 0.253 e. The molecule has 5 heteroatoms. The molecule has 28 heavy (non-hydrogen) atoms. The van der Waals surface area contributed by atoms with Gasteiger partial charge in [-0.3, -0.25) is 9.48 Å². The Morgan fingerprint density at radius 1 is 1.07 bits per heavy atom. The van der Waals surface area contributed by atoms with E-state index >= 15 is 0 Å². The summed E-state index contributed by atoms with van der Waals surface area (Å²) in [6.07, 6.45) is 0. The van der Waals surface area contributed by atoms with E-state index in [1.165, 1.54) is 5.56 Å². The highest BCUT2D eigenvalue weighted by Gasteiger charge is 2.18. The van der Waals surface area contributed by atoms with Gasteiger partial charge in [-0.25, -0.2) is 0 Å². The molecule has 0 radical (unpaired) electrons. The average molecular weight is 379 g/mol. The third-order valence-corrected chi connectivity index (χ3v) is 5.38. The first kappa shape index (κ1) is 19.9. The predicted octanol–water partition coefficient (Wildman–Crippen LogP) is 4.48. The Labute approximate surface area is 167 Å². The van der Waals surface area contributed by atoms with Crippen molar-refractivity contribution >= 4 is 5.91 Å². The van der Waals surface area contributed by atoms with E-state index in [1.807, 2.05) is 49.7 Å². The molecule has 1 amide bonds. The Morgan fingerprint density at radius 2 is 1.75 bits per heavy atom. The Morgan fingerprint density at radius 3 is 2.36 bits per heavy atom. The lowest BCUT2D eigenvalue weighted by molar-refractivity contribution is 0.0950. The molecule has 0 aliphatic carbocycles. The number of hydrogen-bond donors (Lipinski definition) is 1. The maximum absolute atomic E-state index is 12.8. The van der Waals surface area contributed by atoms with E-state index in [1.54, 1.807) is 0 Å². The number of nitrogens with zero attached hydrogens (tertiary/aromatic N) is 3. The molecule has 3 aromatic rings. The van der Waals surface area contributed by atoms with Crippen LogP contribution in [0, 0.1) is 27.7 Å². The third-order valence-electron chi connectivity index (χ3n) is 5.38. The zero-order chi connectivity index (χ0) is 20.4. The molecule has 1 N–H and O–H groups in total. The van der Waals surface area contributed by atoms with Gasteiger partial charge in [-0.1, -0.05) is 30.3 Å². The molecule has 0 atom stereocenters. The SMILES string of the molecule is Cc1nn(Cc2ccccc2)c(C)c1CNC(=O)c1cc(C)n(C(C)C)c1C. The van der Waals surface area contributed by atoms with E-state index in [0.29, 0.717) is 12.6 Å². The molecule has 5 nitrogen and oxygen atoms in total. The Bertz CT molecular complexity index is 980. The van der Waals surface area contributed by atoms with Gasteiger partial charge < -0.3 is 9.88 Å². The second kappa shape index (κ2) is 8.05. The van der Waals surface area contributed by atoms with Crippen LogP contribution >= 0.6 is 0 Å². The summed E-state index contributed by atoms with van der Waals surface area (Å²) in [6, 6.07) is 12.6. The summed E-state index contributed by atoms with van der Waals surface area (Å²) in [6.45, 7) is 13.6. The molecule has 3 rings (SSSR count). The van der Waals surface area contributed by atoms with Crippen LogP contribution < -0.4 is 5.32 Å². The summed E-state index contributed by atoms with van der Waals surface area (Å²) in [5.41, 5.74) is 7.22. The molecule has 0 aliphatic rings. The van der Waals surface area contributed by atoms with Crippen LogP contribution in [-0.4, -0.2) is 20.3 Å². The second-order valence-corrected chi connectivity index (χ2v) is 7.72. The van der Waals surface area contributed by atoms with Gasteiger partial charge in [0.1, 0.15) is 0 Å². The fraction of sp³-hybridized carbons (Fsp3) is 0.391. The molecule has 0 saturated heterocycles. The fourth-order valence-corrected chi connectivity index (χ4v) is 3.97. The van der Waals surface area contributed by atoms with Gasteiger partial charge in [0, 0.05) is 35.2 Å². The minimum Gasteiger partial charge on any atom is -0.348 e. The first-order chi connectivity index (χ1) is 13.3. The lowest BCUT2D eigenvalue weighted by Crippen LogP contribution is -2.24. The van der Waals surface area contributed by atoms with Gasteiger partial charge in [0.05, 0.1) is 17.8 Å². The van der Waals surface area contributed by atoms with Crippen LogP contribution in [0.1, 0.15) is 64.1 Å². The number of benzene rings is 1. The molecule has 0 saturated carbocycles. The van der Waals surface area contributed by atoms with Crippen LogP contribution in [0.3, 0.4) is 0 Å². The van der Waals surface area contributed by atoms with E-state index in [9.17, 15) is 4.79 Å². The number of amides is 1. The minimum absolute atomic E-state index is 0.0328. The van der Waals surface area contributed by atoms with Gasteiger partial charge in [0.2, 0.25) is 0 Å². The summed E-state index contributed by atoms with van der Waals surface area (Å²) in [5.74, 6) is -0.0328. The fourth-order valence-electron chi connectivity index (χ4n) is 3.97. The minimum atomic E-state index is -0.0328. The van der Waals surface area contributed by atoms with Gasteiger partial charge in [-0.15, -0.1) is 0 Å². The summed E-state index contributed by atoms with van der Waals surface area (Å²) in [7, 11) is 0. The smallest absolute Gasteiger partial charge is 0.253 e. The number of carbonyl (C=O) groups excluding carboxylic acids is 1. The van der Waals surface area contributed by atoms with Crippen molar-refractivity contribution in [3.63, 3.8) is 0 Å². The van der Waals surface area contributed by atoms with Crippen LogP contribution in [0.15, 0.2) is 36.4 Å². The monoisotopic (exact) mass is 378 g/mol. The largest absolute Gasteiger partial charge is 0.348 e. The maximum atomic E-state index is 12.8. The number of aromatic nitrogens is 3. The van der Waals surface area contributed by atoms with Crippen molar-refractivity contribution in [1.29, 1.82) is 0 Å². The molecule has 0 unspecified atom stereocenters. The highest BCUT2D eigenvalue weighted by molar-refractivity contribution is 5.95. The van der Waals surface area contributed by atoms with Crippen molar-refractivity contribution < 1.29 is 4.79 Å². The van der Waals surface area contributed by atoms with E-state index in [4.69, 9.17) is 0 Å². The second-order valence-electron chi connectivity index (χ2n) is 7.72. The molecule has 0 bridgehead atoms. The zero-order valence-corrected chi connectivity index (χ0v) is 17.7. The van der Waals surface area contributed by atoms with Crippen LogP contribution in [-0.2, 0) is 13.1 Å². The zero-order valence-electron chi connectivity index (χ0n) is 17.7. The summed E-state index contributed by atoms with van der Waals surface area (Å²) in [5, 5.41) is 7.77. The highest BCUT2D eigenvalue weighted by atomic mass is 16.1. The standard InChI is InChI=1S/C23H30N4O/c1-15(2)27-16(3)12-21(19(27)6)23(28)24-13-22-17(4)25-26(18(22)5)14-20-10-8-7-9-11-20/h7-12,15H,13-14H2,1-6H3,(H,24,28). The van der Waals surface area contributed by atoms with E-state index in [2.05, 4.69) is 47.9 Å². The molecule has 0 aliphatic heterocycles. The molecule has 148 valence electrons. The van der Waals surface area contributed by atoms with E-state index in [-0.39, 0.29) is 5.91 Å². The van der Waals surface area contributed by atoms with Crippen LogP contribution in [0.4, 0.5) is 0 Å². The lowest BCUT2D eigenvalue weighted by Gasteiger charge is -2.13. The van der Waals surface area contributed by atoms with E-state index in [0.717, 1.165) is 40.4 Å². The van der Waals surface area contributed by atoms with Gasteiger partial charge in [0.15, 0.2) is 0 Å². The molecular formula is C23H30N4O. The molecule has 0 fully saturated rings. The van der Waals surface area contributed by atoms with Gasteiger partial charge in [0.25, 0.3) is 5.91 Å². The van der Waals surface area contributed by atoms with Crippen molar-refractivity contribution in [3.8, 4) is 0 Å².